The number of benzene rings is 1. The summed E-state index contributed by atoms with van der Waals surface area (Å²) < 4.78 is 0. The van der Waals surface area contributed by atoms with Gasteiger partial charge in [0.05, 0.1) is 10.0 Å². The lowest BCUT2D eigenvalue weighted by Gasteiger charge is -2.18. The van der Waals surface area contributed by atoms with Crippen LogP contribution in [0.5, 0.6) is 0 Å². The lowest BCUT2D eigenvalue weighted by atomic mass is 9.87. The number of halogens is 2. The van der Waals surface area contributed by atoms with E-state index >= 15 is 0 Å². The summed E-state index contributed by atoms with van der Waals surface area (Å²) in [6.07, 6.45) is 0.831. The molecule has 88 valence electrons. The zero-order valence-corrected chi connectivity index (χ0v) is 10.4. The van der Waals surface area contributed by atoms with Gasteiger partial charge in [-0.25, -0.2) is 0 Å². The van der Waals surface area contributed by atoms with Crippen LogP contribution < -0.4 is 5.32 Å². The molecule has 4 heteroatoms. The summed E-state index contributed by atoms with van der Waals surface area (Å²) in [6, 6.07) is 5.80. The van der Waals surface area contributed by atoms with E-state index in [4.69, 9.17) is 28.3 Å². The maximum absolute atomic E-state index is 9.02. The van der Waals surface area contributed by atoms with Gasteiger partial charge in [0.2, 0.25) is 0 Å². The fourth-order valence-corrected chi connectivity index (χ4v) is 2.64. The predicted octanol–water partition coefficient (Wildman–Crippen LogP) is 2.68. The molecule has 0 amide bonds. The summed E-state index contributed by atoms with van der Waals surface area (Å²) in [7, 11) is 0. The van der Waals surface area contributed by atoms with Gasteiger partial charge in [0.1, 0.15) is 0 Å². The minimum absolute atomic E-state index is 0.240. The second-order valence-corrected chi connectivity index (χ2v) is 5.03. The summed E-state index contributed by atoms with van der Waals surface area (Å²) in [5.74, 6) is 0.921. The van der Waals surface area contributed by atoms with E-state index in [0.29, 0.717) is 21.9 Å². The van der Waals surface area contributed by atoms with Gasteiger partial charge >= 0.3 is 0 Å². The van der Waals surface area contributed by atoms with Crippen molar-refractivity contribution >= 4 is 23.2 Å². The van der Waals surface area contributed by atoms with Gasteiger partial charge in [-0.3, -0.25) is 0 Å². The third kappa shape index (κ3) is 2.51. The van der Waals surface area contributed by atoms with Crippen LogP contribution in [-0.4, -0.2) is 24.8 Å². The highest BCUT2D eigenvalue weighted by Gasteiger charge is 2.27. The van der Waals surface area contributed by atoms with E-state index in [1.165, 1.54) is 5.56 Å². The molecule has 2 N–H and O–H groups in total. The number of aliphatic hydroxyl groups excluding tert-OH is 1. The minimum Gasteiger partial charge on any atom is -0.396 e. The van der Waals surface area contributed by atoms with Crippen LogP contribution in [0.25, 0.3) is 0 Å². The Labute approximate surface area is 106 Å². The smallest absolute Gasteiger partial charge is 0.0595 e. The molecule has 0 radical (unpaired) electrons. The maximum atomic E-state index is 9.02. The van der Waals surface area contributed by atoms with Gasteiger partial charge in [0.15, 0.2) is 0 Å². The highest BCUT2D eigenvalue weighted by atomic mass is 35.5. The molecule has 1 aliphatic rings. The van der Waals surface area contributed by atoms with E-state index < -0.39 is 0 Å². The molecular formula is C12H15Cl2NO. The fraction of sp³-hybridized carbons (Fsp3) is 0.500. The molecule has 0 aliphatic carbocycles. The van der Waals surface area contributed by atoms with Gasteiger partial charge in [0, 0.05) is 19.1 Å². The Morgan fingerprint density at radius 2 is 2.06 bits per heavy atom. The van der Waals surface area contributed by atoms with Crippen molar-refractivity contribution in [2.24, 2.45) is 5.92 Å². The van der Waals surface area contributed by atoms with Crippen molar-refractivity contribution in [1.82, 2.24) is 5.32 Å². The molecule has 0 spiro atoms. The van der Waals surface area contributed by atoms with Crippen molar-refractivity contribution in [3.63, 3.8) is 0 Å². The molecule has 2 nitrogen and oxygen atoms in total. The van der Waals surface area contributed by atoms with E-state index in [0.717, 1.165) is 19.5 Å². The SMILES string of the molecule is OCCC1CNCC1c1ccc(Cl)c(Cl)c1. The molecule has 1 saturated heterocycles. The fourth-order valence-electron chi connectivity index (χ4n) is 2.34. The Morgan fingerprint density at radius 3 is 2.75 bits per heavy atom. The van der Waals surface area contributed by atoms with Crippen molar-refractivity contribution in [3.8, 4) is 0 Å². The molecule has 0 saturated carbocycles. The Hall–Kier alpha value is -0.280. The summed E-state index contributed by atoms with van der Waals surface area (Å²) in [5.41, 5.74) is 1.21. The van der Waals surface area contributed by atoms with Crippen LogP contribution in [0, 0.1) is 5.92 Å². The molecule has 1 aromatic carbocycles. The van der Waals surface area contributed by atoms with Gasteiger partial charge in [0.25, 0.3) is 0 Å². The minimum atomic E-state index is 0.240. The third-order valence-electron chi connectivity index (χ3n) is 3.21. The van der Waals surface area contributed by atoms with Gasteiger partial charge in [-0.1, -0.05) is 29.3 Å². The van der Waals surface area contributed by atoms with Crippen LogP contribution in [0.2, 0.25) is 10.0 Å². The van der Waals surface area contributed by atoms with E-state index in [1.807, 2.05) is 18.2 Å². The van der Waals surface area contributed by atoms with E-state index in [2.05, 4.69) is 5.32 Å². The molecule has 16 heavy (non-hydrogen) atoms. The van der Waals surface area contributed by atoms with Crippen LogP contribution in [0.1, 0.15) is 17.9 Å². The molecule has 1 aromatic rings. The van der Waals surface area contributed by atoms with Crippen molar-refractivity contribution in [2.75, 3.05) is 19.7 Å². The molecule has 1 fully saturated rings. The predicted molar refractivity (Wildman–Crippen MR) is 67.3 cm³/mol. The zero-order chi connectivity index (χ0) is 11.5. The molecule has 1 aliphatic heterocycles. The molecule has 2 rings (SSSR count). The Bertz CT molecular complexity index is 370. The number of hydrogen-bond donors (Lipinski definition) is 2. The molecule has 2 unspecified atom stereocenters. The number of aliphatic hydroxyl groups is 1. The second kappa shape index (κ2) is 5.37. The number of nitrogens with one attached hydrogen (secondary N) is 1. The first-order valence-electron chi connectivity index (χ1n) is 5.49. The lowest BCUT2D eigenvalue weighted by molar-refractivity contribution is 0.256. The second-order valence-electron chi connectivity index (χ2n) is 4.21. The monoisotopic (exact) mass is 259 g/mol. The van der Waals surface area contributed by atoms with E-state index in [9.17, 15) is 0 Å². The van der Waals surface area contributed by atoms with Gasteiger partial charge in [-0.05, 0) is 36.6 Å². The largest absolute Gasteiger partial charge is 0.396 e. The normalized spacial score (nSPS) is 24.9. The van der Waals surface area contributed by atoms with E-state index in [-0.39, 0.29) is 6.61 Å². The van der Waals surface area contributed by atoms with Crippen LogP contribution in [0.15, 0.2) is 18.2 Å². The average Bonchev–Trinajstić information content (AvgIpc) is 2.71. The summed E-state index contributed by atoms with van der Waals surface area (Å²) in [5, 5.41) is 13.6. The molecule has 0 aromatic heterocycles. The lowest BCUT2D eigenvalue weighted by Crippen LogP contribution is -2.12. The van der Waals surface area contributed by atoms with E-state index in [1.54, 1.807) is 0 Å². The van der Waals surface area contributed by atoms with Crippen LogP contribution in [0.3, 0.4) is 0 Å². The van der Waals surface area contributed by atoms with Gasteiger partial charge in [-0.2, -0.15) is 0 Å². The maximum Gasteiger partial charge on any atom is 0.0595 e. The molecule has 0 bridgehead atoms. The topological polar surface area (TPSA) is 32.3 Å². The van der Waals surface area contributed by atoms with Crippen LogP contribution in [-0.2, 0) is 0 Å². The van der Waals surface area contributed by atoms with Crippen molar-refractivity contribution < 1.29 is 5.11 Å². The number of hydrogen-bond acceptors (Lipinski definition) is 2. The highest BCUT2D eigenvalue weighted by Crippen LogP contribution is 2.33. The Morgan fingerprint density at radius 1 is 1.25 bits per heavy atom. The molecular weight excluding hydrogens is 245 g/mol. The molecule has 1 heterocycles. The first kappa shape index (κ1) is 12.2. The first-order valence-corrected chi connectivity index (χ1v) is 6.24. The summed E-state index contributed by atoms with van der Waals surface area (Å²) >= 11 is 11.9. The zero-order valence-electron chi connectivity index (χ0n) is 8.92. The standard InChI is InChI=1S/C12H15Cl2NO/c13-11-2-1-8(5-12(11)14)10-7-15-6-9(10)3-4-16/h1-2,5,9-10,15-16H,3-4,6-7H2. The average molecular weight is 260 g/mol. The highest BCUT2D eigenvalue weighted by molar-refractivity contribution is 6.42. The Kier molecular flexibility index (Phi) is 4.09. The molecule has 2 atom stereocenters. The van der Waals surface area contributed by atoms with Crippen molar-refractivity contribution in [3.05, 3.63) is 33.8 Å². The van der Waals surface area contributed by atoms with Crippen LogP contribution in [0.4, 0.5) is 0 Å². The quantitative estimate of drug-likeness (QED) is 0.875. The van der Waals surface area contributed by atoms with Crippen molar-refractivity contribution in [1.29, 1.82) is 0 Å². The van der Waals surface area contributed by atoms with Gasteiger partial charge in [-0.15, -0.1) is 0 Å². The van der Waals surface area contributed by atoms with Crippen molar-refractivity contribution in [2.45, 2.75) is 12.3 Å². The summed E-state index contributed by atoms with van der Waals surface area (Å²) in [6.45, 7) is 2.15. The summed E-state index contributed by atoms with van der Waals surface area (Å²) in [4.78, 5) is 0. The number of rotatable bonds is 3. The first-order chi connectivity index (χ1) is 7.72. The third-order valence-corrected chi connectivity index (χ3v) is 3.95. The Balaban J connectivity index is 2.19. The van der Waals surface area contributed by atoms with Crippen LogP contribution >= 0.6 is 23.2 Å². The van der Waals surface area contributed by atoms with Gasteiger partial charge < -0.3 is 10.4 Å².